The molecule has 0 saturated carbocycles. The van der Waals surface area contributed by atoms with Crippen molar-refractivity contribution in [1.29, 1.82) is 0 Å². The molecular formula is C29H28BrFN2O. The summed E-state index contributed by atoms with van der Waals surface area (Å²) < 4.78 is 17.0. The van der Waals surface area contributed by atoms with Crippen molar-refractivity contribution < 1.29 is 9.18 Å². The zero-order valence-electron chi connectivity index (χ0n) is 19.0. The molecule has 0 spiro atoms. The van der Waals surface area contributed by atoms with Crippen LogP contribution >= 0.6 is 15.9 Å². The normalized spacial score (nSPS) is 17.1. The van der Waals surface area contributed by atoms with Crippen molar-refractivity contribution >= 4 is 32.6 Å². The molecule has 174 valence electrons. The quantitative estimate of drug-likeness (QED) is 0.303. The van der Waals surface area contributed by atoms with Gasteiger partial charge in [-0.05, 0) is 66.8 Å². The molecule has 0 amide bonds. The number of benzene rings is 3. The van der Waals surface area contributed by atoms with E-state index in [0.717, 1.165) is 58.0 Å². The molecule has 1 aromatic heterocycles. The third-order valence-corrected chi connectivity index (χ3v) is 7.51. The van der Waals surface area contributed by atoms with E-state index in [4.69, 9.17) is 0 Å². The van der Waals surface area contributed by atoms with E-state index >= 15 is 0 Å². The van der Waals surface area contributed by atoms with Crippen molar-refractivity contribution in [2.24, 2.45) is 5.92 Å². The van der Waals surface area contributed by atoms with Gasteiger partial charge in [-0.15, -0.1) is 0 Å². The molecule has 2 atom stereocenters. The molecule has 2 heterocycles. The van der Waals surface area contributed by atoms with Crippen molar-refractivity contribution in [3.05, 3.63) is 106 Å². The number of fused-ring (bicyclic) bond motifs is 1. The van der Waals surface area contributed by atoms with Gasteiger partial charge in [0.25, 0.3) is 0 Å². The summed E-state index contributed by atoms with van der Waals surface area (Å²) in [6.45, 7) is 2.31. The standard InChI is InChI=1S/C29H28BrFN2O/c30-26-12-5-13-27-28(26)23(19-33(27)18-20-7-4-11-24(31)15-20)16-25(21-8-2-1-3-9-21)29(34)22-10-6-14-32-17-22/h1-5,7-9,11-13,15,19,22,25,32H,6,10,14,16-18H2/t22-,25?/m1/s1. The average Bonchev–Trinajstić information content (AvgIpc) is 3.21. The predicted octanol–water partition coefficient (Wildman–Crippen LogP) is 6.49. The van der Waals surface area contributed by atoms with Crippen LogP contribution in [0.3, 0.4) is 0 Å². The van der Waals surface area contributed by atoms with Crippen LogP contribution in [0.25, 0.3) is 10.9 Å². The Bertz CT molecular complexity index is 1290. The van der Waals surface area contributed by atoms with Crippen LogP contribution in [0.5, 0.6) is 0 Å². The summed E-state index contributed by atoms with van der Waals surface area (Å²) in [5.74, 6) is -0.0721. The molecule has 3 aromatic carbocycles. The number of hydrogen-bond acceptors (Lipinski definition) is 2. The third kappa shape index (κ3) is 4.86. The van der Waals surface area contributed by atoms with Gasteiger partial charge in [-0.2, -0.15) is 0 Å². The van der Waals surface area contributed by atoms with E-state index in [2.05, 4.69) is 50.2 Å². The molecule has 1 aliphatic rings. The second-order valence-electron chi connectivity index (χ2n) is 9.16. The van der Waals surface area contributed by atoms with E-state index in [-0.39, 0.29) is 17.7 Å². The van der Waals surface area contributed by atoms with E-state index in [1.165, 1.54) is 6.07 Å². The van der Waals surface area contributed by atoms with E-state index in [1.54, 1.807) is 12.1 Å². The summed E-state index contributed by atoms with van der Waals surface area (Å²) in [5, 5.41) is 4.52. The molecule has 1 saturated heterocycles. The Kier molecular flexibility index (Phi) is 6.93. The fourth-order valence-electron chi connectivity index (χ4n) is 5.18. The first kappa shape index (κ1) is 23.0. The lowest BCUT2D eigenvalue weighted by molar-refractivity contribution is -0.124. The smallest absolute Gasteiger partial charge is 0.145 e. The van der Waals surface area contributed by atoms with Crippen molar-refractivity contribution in [3.8, 4) is 0 Å². The fourth-order valence-corrected chi connectivity index (χ4v) is 5.79. The number of nitrogens with zero attached hydrogens (tertiary/aromatic N) is 1. The van der Waals surface area contributed by atoms with Gasteiger partial charge >= 0.3 is 0 Å². The first-order valence-electron chi connectivity index (χ1n) is 11.9. The number of halogens is 2. The highest BCUT2D eigenvalue weighted by Crippen LogP contribution is 2.35. The Morgan fingerprint density at radius 2 is 1.91 bits per heavy atom. The lowest BCUT2D eigenvalue weighted by Gasteiger charge is -2.26. The summed E-state index contributed by atoms with van der Waals surface area (Å²) in [6, 6.07) is 23.0. The number of carbonyl (C=O) groups excluding carboxylic acids is 1. The predicted molar refractivity (Wildman–Crippen MR) is 139 cm³/mol. The first-order valence-corrected chi connectivity index (χ1v) is 12.7. The molecule has 0 aliphatic carbocycles. The van der Waals surface area contributed by atoms with Gasteiger partial charge in [0.1, 0.15) is 11.6 Å². The second-order valence-corrected chi connectivity index (χ2v) is 10.0. The number of hydrogen-bond donors (Lipinski definition) is 1. The van der Waals surface area contributed by atoms with Crippen LogP contribution < -0.4 is 5.32 Å². The zero-order chi connectivity index (χ0) is 23.5. The molecule has 34 heavy (non-hydrogen) atoms. The maximum atomic E-state index is 13.8. The molecule has 1 N–H and O–H groups in total. The van der Waals surface area contributed by atoms with Gasteiger partial charge in [0.15, 0.2) is 0 Å². The minimum absolute atomic E-state index is 0.0445. The van der Waals surface area contributed by atoms with Gasteiger partial charge in [0.05, 0.1) is 0 Å². The molecule has 1 aliphatic heterocycles. The minimum Gasteiger partial charge on any atom is -0.343 e. The van der Waals surface area contributed by atoms with Crippen molar-refractivity contribution in [3.63, 3.8) is 0 Å². The molecule has 5 heteroatoms. The van der Waals surface area contributed by atoms with Crippen molar-refractivity contribution in [2.75, 3.05) is 13.1 Å². The summed E-state index contributed by atoms with van der Waals surface area (Å²) in [7, 11) is 0. The van der Waals surface area contributed by atoms with E-state index < -0.39 is 0 Å². The maximum absolute atomic E-state index is 13.8. The van der Waals surface area contributed by atoms with E-state index in [0.29, 0.717) is 18.7 Å². The average molecular weight is 519 g/mol. The highest BCUT2D eigenvalue weighted by atomic mass is 79.9. The number of Topliss-reactive ketones (excluding diaryl/α,β-unsaturated/α-hetero) is 1. The van der Waals surface area contributed by atoms with Crippen LogP contribution in [-0.4, -0.2) is 23.4 Å². The lowest BCUT2D eigenvalue weighted by Crippen LogP contribution is -2.37. The summed E-state index contributed by atoms with van der Waals surface area (Å²) >= 11 is 3.75. The summed E-state index contributed by atoms with van der Waals surface area (Å²) in [4.78, 5) is 13.8. The van der Waals surface area contributed by atoms with Crippen LogP contribution in [0.15, 0.2) is 83.5 Å². The van der Waals surface area contributed by atoms with Crippen LogP contribution in [0, 0.1) is 11.7 Å². The topological polar surface area (TPSA) is 34.0 Å². The monoisotopic (exact) mass is 518 g/mol. The molecule has 5 rings (SSSR count). The molecule has 0 bridgehead atoms. The van der Waals surface area contributed by atoms with Crippen LogP contribution in [-0.2, 0) is 17.8 Å². The Labute approximate surface area is 208 Å². The molecular weight excluding hydrogens is 491 g/mol. The molecule has 0 radical (unpaired) electrons. The number of carbonyl (C=O) groups is 1. The highest BCUT2D eigenvalue weighted by molar-refractivity contribution is 9.10. The number of rotatable bonds is 7. The number of ketones is 1. The van der Waals surface area contributed by atoms with Crippen molar-refractivity contribution in [1.82, 2.24) is 9.88 Å². The molecule has 4 aromatic rings. The van der Waals surface area contributed by atoms with Crippen LogP contribution in [0.4, 0.5) is 4.39 Å². The Morgan fingerprint density at radius 1 is 1.09 bits per heavy atom. The minimum atomic E-state index is -0.230. The zero-order valence-corrected chi connectivity index (χ0v) is 20.6. The van der Waals surface area contributed by atoms with Crippen LogP contribution in [0.1, 0.15) is 35.4 Å². The molecule has 1 unspecified atom stereocenters. The molecule has 3 nitrogen and oxygen atoms in total. The second kappa shape index (κ2) is 10.2. The van der Waals surface area contributed by atoms with Crippen LogP contribution in [0.2, 0.25) is 0 Å². The fraction of sp³-hybridized carbons (Fsp3) is 0.276. The summed E-state index contributed by atoms with van der Waals surface area (Å²) in [6.07, 6.45) is 4.76. The third-order valence-electron chi connectivity index (χ3n) is 6.84. The number of piperidine rings is 1. The van der Waals surface area contributed by atoms with Gasteiger partial charge < -0.3 is 9.88 Å². The first-order chi connectivity index (χ1) is 16.6. The van der Waals surface area contributed by atoms with E-state index in [9.17, 15) is 9.18 Å². The van der Waals surface area contributed by atoms with Gasteiger partial charge in [-0.3, -0.25) is 4.79 Å². The Balaban J connectivity index is 1.54. The number of nitrogens with one attached hydrogen (secondary N) is 1. The lowest BCUT2D eigenvalue weighted by atomic mass is 9.80. The SMILES string of the molecule is O=C(C(Cc1cn(Cc2cccc(F)c2)c2cccc(Br)c12)c1ccccc1)[C@@H]1CCCNC1. The van der Waals surface area contributed by atoms with Gasteiger partial charge in [0.2, 0.25) is 0 Å². The highest BCUT2D eigenvalue weighted by Gasteiger charge is 2.30. The Morgan fingerprint density at radius 3 is 2.68 bits per heavy atom. The molecule has 1 fully saturated rings. The van der Waals surface area contributed by atoms with Gasteiger partial charge in [-0.1, -0.05) is 64.5 Å². The van der Waals surface area contributed by atoms with Gasteiger partial charge in [0, 0.05) is 46.5 Å². The van der Waals surface area contributed by atoms with E-state index in [1.807, 2.05) is 36.4 Å². The number of aromatic nitrogens is 1. The van der Waals surface area contributed by atoms with Crippen molar-refractivity contribution in [2.45, 2.75) is 31.7 Å². The maximum Gasteiger partial charge on any atom is 0.145 e. The largest absolute Gasteiger partial charge is 0.343 e. The van der Waals surface area contributed by atoms with Gasteiger partial charge in [-0.25, -0.2) is 4.39 Å². The summed E-state index contributed by atoms with van der Waals surface area (Å²) in [5.41, 5.74) is 4.18. The Hall–Kier alpha value is -2.76.